The van der Waals surface area contributed by atoms with Crippen LogP contribution in [0.4, 0.5) is 0 Å². The lowest BCUT2D eigenvalue weighted by atomic mass is 10.0. The van der Waals surface area contributed by atoms with Crippen molar-refractivity contribution in [3.63, 3.8) is 0 Å². The zero-order valence-corrected chi connectivity index (χ0v) is 11.6. The Morgan fingerprint density at radius 3 is 2.95 bits per heavy atom. The topological polar surface area (TPSA) is 56.8 Å². The van der Waals surface area contributed by atoms with E-state index in [9.17, 15) is 4.79 Å². The Hall–Kier alpha value is -1.75. The number of nitrogens with one attached hydrogen (secondary N) is 1. The molecule has 1 aromatic rings. The second-order valence-corrected chi connectivity index (χ2v) is 5.30. The molecular weight excluding hydrogens is 258 g/mol. The lowest BCUT2D eigenvalue weighted by molar-refractivity contribution is -0.139. The Bertz CT molecular complexity index is 503. The third-order valence-electron chi connectivity index (χ3n) is 3.72. The normalized spacial score (nSPS) is 21.9. The van der Waals surface area contributed by atoms with Crippen molar-refractivity contribution in [3.8, 4) is 11.5 Å². The van der Waals surface area contributed by atoms with E-state index in [1.54, 1.807) is 0 Å². The van der Waals surface area contributed by atoms with E-state index in [-0.39, 0.29) is 18.1 Å². The van der Waals surface area contributed by atoms with Crippen molar-refractivity contribution >= 4 is 5.97 Å². The molecule has 5 heteroatoms. The van der Waals surface area contributed by atoms with E-state index >= 15 is 0 Å². The Morgan fingerprint density at radius 1 is 1.30 bits per heavy atom. The van der Waals surface area contributed by atoms with Gasteiger partial charge < -0.3 is 19.5 Å². The summed E-state index contributed by atoms with van der Waals surface area (Å²) in [5.74, 6) is 1.51. The second kappa shape index (κ2) is 5.71. The lowest BCUT2D eigenvalue weighted by Crippen LogP contribution is -2.39. The monoisotopic (exact) mass is 277 g/mol. The zero-order valence-electron chi connectivity index (χ0n) is 11.6. The van der Waals surface area contributed by atoms with Crippen molar-refractivity contribution < 1.29 is 19.0 Å². The molecule has 1 fully saturated rings. The Morgan fingerprint density at radius 2 is 2.15 bits per heavy atom. The first-order valence-corrected chi connectivity index (χ1v) is 7.03. The van der Waals surface area contributed by atoms with Crippen LogP contribution in [0.2, 0.25) is 0 Å². The van der Waals surface area contributed by atoms with Crippen LogP contribution in [0.5, 0.6) is 11.5 Å². The first kappa shape index (κ1) is 13.2. The molecule has 0 amide bonds. The molecule has 0 saturated carbocycles. The molecule has 2 aliphatic heterocycles. The van der Waals surface area contributed by atoms with Gasteiger partial charge in [0.1, 0.15) is 6.04 Å². The number of carbonyl (C=O) groups is 1. The summed E-state index contributed by atoms with van der Waals surface area (Å²) in [7, 11) is 0. The molecule has 1 saturated heterocycles. The maximum Gasteiger partial charge on any atom is 0.323 e. The van der Waals surface area contributed by atoms with Crippen LogP contribution in [-0.2, 0) is 16.0 Å². The summed E-state index contributed by atoms with van der Waals surface area (Å²) in [5, 5.41) is 3.32. The first-order chi connectivity index (χ1) is 9.72. The van der Waals surface area contributed by atoms with Crippen molar-refractivity contribution in [2.24, 2.45) is 0 Å². The molecule has 0 bridgehead atoms. The average molecular weight is 277 g/mol. The molecule has 2 unspecified atom stereocenters. The molecule has 5 nitrogen and oxygen atoms in total. The van der Waals surface area contributed by atoms with E-state index < -0.39 is 0 Å². The number of esters is 1. The van der Waals surface area contributed by atoms with Crippen molar-refractivity contribution in [1.29, 1.82) is 0 Å². The number of cyclic esters (lactones) is 1. The van der Waals surface area contributed by atoms with E-state index in [0.29, 0.717) is 13.4 Å². The van der Waals surface area contributed by atoms with Crippen molar-refractivity contribution in [2.45, 2.75) is 38.3 Å². The molecule has 108 valence electrons. The summed E-state index contributed by atoms with van der Waals surface area (Å²) < 4.78 is 15.6. The van der Waals surface area contributed by atoms with Crippen LogP contribution >= 0.6 is 0 Å². The maximum atomic E-state index is 11.4. The minimum Gasteiger partial charge on any atom is -0.464 e. The molecule has 0 aromatic heterocycles. The predicted octanol–water partition coefficient (Wildman–Crippen LogP) is 1.64. The summed E-state index contributed by atoms with van der Waals surface area (Å²) in [6.07, 6.45) is 2.67. The second-order valence-electron chi connectivity index (χ2n) is 5.30. The van der Waals surface area contributed by atoms with Crippen LogP contribution in [0.15, 0.2) is 18.2 Å². The Balaban J connectivity index is 1.50. The largest absolute Gasteiger partial charge is 0.464 e. The molecule has 20 heavy (non-hydrogen) atoms. The van der Waals surface area contributed by atoms with E-state index in [0.717, 1.165) is 30.8 Å². The molecule has 0 radical (unpaired) electrons. The number of hydrogen-bond acceptors (Lipinski definition) is 5. The smallest absolute Gasteiger partial charge is 0.323 e. The van der Waals surface area contributed by atoms with E-state index in [1.165, 1.54) is 5.56 Å². The summed E-state index contributed by atoms with van der Waals surface area (Å²) in [6.45, 7) is 2.94. The lowest BCUT2D eigenvalue weighted by Gasteiger charge is -2.16. The van der Waals surface area contributed by atoms with Crippen LogP contribution in [0.25, 0.3) is 0 Å². The summed E-state index contributed by atoms with van der Waals surface area (Å²) >= 11 is 0. The Kier molecular flexibility index (Phi) is 3.78. The maximum absolute atomic E-state index is 11.4. The molecule has 2 atom stereocenters. The van der Waals surface area contributed by atoms with Gasteiger partial charge in [-0.3, -0.25) is 4.79 Å². The van der Waals surface area contributed by atoms with Crippen LogP contribution in [0, 0.1) is 0 Å². The van der Waals surface area contributed by atoms with E-state index in [1.807, 2.05) is 12.1 Å². The van der Waals surface area contributed by atoms with Crippen LogP contribution < -0.4 is 14.8 Å². The van der Waals surface area contributed by atoms with Gasteiger partial charge in [0.2, 0.25) is 6.79 Å². The van der Waals surface area contributed by atoms with Gasteiger partial charge in [0.05, 0.1) is 6.61 Å². The van der Waals surface area contributed by atoms with Crippen LogP contribution in [-0.4, -0.2) is 31.5 Å². The molecule has 2 aliphatic rings. The number of aryl methyl sites for hydroxylation is 1. The zero-order chi connectivity index (χ0) is 13.9. The van der Waals surface area contributed by atoms with Gasteiger partial charge in [0, 0.05) is 12.5 Å². The highest BCUT2D eigenvalue weighted by Crippen LogP contribution is 2.32. The van der Waals surface area contributed by atoms with Gasteiger partial charge >= 0.3 is 5.97 Å². The fraction of sp³-hybridized carbons (Fsp3) is 0.533. The van der Waals surface area contributed by atoms with Gasteiger partial charge in [-0.25, -0.2) is 0 Å². The SMILES string of the molecule is CC(CCc1ccc2c(c1)OCO2)NC1CCOC1=O. The van der Waals surface area contributed by atoms with Crippen LogP contribution in [0.3, 0.4) is 0 Å². The predicted molar refractivity (Wildman–Crippen MR) is 72.8 cm³/mol. The van der Waals surface area contributed by atoms with Crippen molar-refractivity contribution in [2.75, 3.05) is 13.4 Å². The van der Waals surface area contributed by atoms with Gasteiger partial charge in [-0.2, -0.15) is 0 Å². The highest BCUT2D eigenvalue weighted by Gasteiger charge is 2.27. The van der Waals surface area contributed by atoms with Crippen molar-refractivity contribution in [3.05, 3.63) is 23.8 Å². The van der Waals surface area contributed by atoms with Gasteiger partial charge in [-0.1, -0.05) is 6.07 Å². The molecule has 2 heterocycles. The molecular formula is C15H19NO4. The average Bonchev–Trinajstić information content (AvgIpc) is 3.05. The first-order valence-electron chi connectivity index (χ1n) is 7.03. The van der Waals surface area contributed by atoms with Gasteiger partial charge in [-0.15, -0.1) is 0 Å². The van der Waals surface area contributed by atoms with Gasteiger partial charge in [0.25, 0.3) is 0 Å². The highest BCUT2D eigenvalue weighted by molar-refractivity contribution is 5.77. The van der Waals surface area contributed by atoms with E-state index in [4.69, 9.17) is 14.2 Å². The minimum atomic E-state index is -0.137. The van der Waals surface area contributed by atoms with E-state index in [2.05, 4.69) is 18.3 Å². The fourth-order valence-electron chi connectivity index (χ4n) is 2.55. The number of carbonyl (C=O) groups excluding carboxylic acids is 1. The molecule has 0 spiro atoms. The quantitative estimate of drug-likeness (QED) is 0.829. The summed E-state index contributed by atoms with van der Waals surface area (Å²) in [5.41, 5.74) is 1.22. The van der Waals surface area contributed by atoms with Gasteiger partial charge in [0.15, 0.2) is 11.5 Å². The number of benzene rings is 1. The van der Waals surface area contributed by atoms with Crippen molar-refractivity contribution in [1.82, 2.24) is 5.32 Å². The standard InChI is InChI=1S/C15H19NO4/c1-10(16-12-6-7-18-15(12)17)2-3-11-4-5-13-14(8-11)20-9-19-13/h4-5,8,10,12,16H,2-3,6-7,9H2,1H3. The molecule has 1 N–H and O–H groups in total. The summed E-state index contributed by atoms with van der Waals surface area (Å²) in [6, 6.07) is 6.17. The highest BCUT2D eigenvalue weighted by atomic mass is 16.7. The Labute approximate surface area is 118 Å². The molecule has 3 rings (SSSR count). The molecule has 0 aliphatic carbocycles. The van der Waals surface area contributed by atoms with Gasteiger partial charge in [-0.05, 0) is 37.5 Å². The van der Waals surface area contributed by atoms with Crippen LogP contribution in [0.1, 0.15) is 25.3 Å². The number of rotatable bonds is 5. The number of fused-ring (bicyclic) bond motifs is 1. The minimum absolute atomic E-state index is 0.125. The molecule has 1 aromatic carbocycles. The summed E-state index contributed by atoms with van der Waals surface area (Å²) in [4.78, 5) is 11.4. The third kappa shape index (κ3) is 2.88. The third-order valence-corrected chi connectivity index (χ3v) is 3.72. The fourth-order valence-corrected chi connectivity index (χ4v) is 2.55. The number of hydrogen-bond donors (Lipinski definition) is 1. The number of ether oxygens (including phenoxy) is 3.